The number of aryl methyl sites for hydroxylation is 1. The Morgan fingerprint density at radius 2 is 1.82 bits per heavy atom. The average Bonchev–Trinajstić information content (AvgIpc) is 2.97. The van der Waals surface area contributed by atoms with Crippen LogP contribution < -0.4 is 20.3 Å². The smallest absolute Gasteiger partial charge is 0.282 e. The van der Waals surface area contributed by atoms with Crippen LogP contribution in [0.1, 0.15) is 55.0 Å². The molecule has 8 nitrogen and oxygen atoms in total. The molecule has 1 aromatic heterocycles. The van der Waals surface area contributed by atoms with Crippen LogP contribution in [-0.2, 0) is 4.79 Å². The van der Waals surface area contributed by atoms with Gasteiger partial charge in [0.05, 0.1) is 24.2 Å². The van der Waals surface area contributed by atoms with Crippen LogP contribution in [0.5, 0.6) is 11.5 Å². The lowest BCUT2D eigenvalue weighted by Gasteiger charge is -2.22. The zero-order valence-electron chi connectivity index (χ0n) is 22.2. The lowest BCUT2D eigenvalue weighted by molar-refractivity contribution is -0.118. The standard InChI is InChI=1S/C31H32N4O4/c1-21-11-6-8-16-25(21)33-28(36)20-39-29-23(14-10-18-27(29)38-2)19-32-35-30(22-12-4-3-5-13-22)34-26-17-9-7-15-24(26)31(35)37/h6-11,14-19,22H,3-5,12-13,20H2,1-2H3,(H,33,36). The third kappa shape index (κ3) is 5.85. The highest BCUT2D eigenvalue weighted by Gasteiger charge is 2.22. The topological polar surface area (TPSA) is 94.8 Å². The van der Waals surface area contributed by atoms with Crippen molar-refractivity contribution in [2.24, 2.45) is 5.10 Å². The molecule has 0 unspecified atom stereocenters. The number of carbonyl (C=O) groups excluding carboxylic acids is 1. The Bertz CT molecular complexity index is 1570. The van der Waals surface area contributed by atoms with Gasteiger partial charge >= 0.3 is 0 Å². The maximum atomic E-state index is 13.5. The number of benzene rings is 3. The minimum Gasteiger partial charge on any atom is -0.493 e. The highest BCUT2D eigenvalue weighted by Crippen LogP contribution is 2.33. The van der Waals surface area contributed by atoms with Gasteiger partial charge in [0.15, 0.2) is 18.1 Å². The van der Waals surface area contributed by atoms with Crippen LogP contribution in [0, 0.1) is 6.92 Å². The van der Waals surface area contributed by atoms with Crippen molar-refractivity contribution in [3.8, 4) is 11.5 Å². The average molecular weight is 525 g/mol. The molecule has 1 aliphatic rings. The Balaban J connectivity index is 1.46. The summed E-state index contributed by atoms with van der Waals surface area (Å²) in [4.78, 5) is 31.1. The first kappa shape index (κ1) is 26.2. The molecule has 0 saturated heterocycles. The molecular formula is C31H32N4O4. The van der Waals surface area contributed by atoms with Crippen LogP contribution in [0.25, 0.3) is 10.9 Å². The molecule has 39 heavy (non-hydrogen) atoms. The Labute approximate surface area is 227 Å². The molecule has 1 saturated carbocycles. The van der Waals surface area contributed by atoms with Crippen molar-refractivity contribution in [1.29, 1.82) is 0 Å². The van der Waals surface area contributed by atoms with Gasteiger partial charge < -0.3 is 14.8 Å². The monoisotopic (exact) mass is 524 g/mol. The number of methoxy groups -OCH3 is 1. The third-order valence-electron chi connectivity index (χ3n) is 7.06. The van der Waals surface area contributed by atoms with Crippen molar-refractivity contribution in [3.63, 3.8) is 0 Å². The zero-order valence-corrected chi connectivity index (χ0v) is 22.2. The van der Waals surface area contributed by atoms with E-state index in [0.717, 1.165) is 36.9 Å². The molecule has 1 fully saturated rings. The number of ether oxygens (including phenoxy) is 2. The quantitative estimate of drug-likeness (QED) is 0.300. The van der Waals surface area contributed by atoms with Gasteiger partial charge in [-0.05, 0) is 55.7 Å². The minimum absolute atomic E-state index is 0.166. The first-order valence-electron chi connectivity index (χ1n) is 13.3. The second kappa shape index (κ2) is 11.9. The Hall–Kier alpha value is -4.46. The van der Waals surface area contributed by atoms with Gasteiger partial charge in [-0.25, -0.2) is 4.98 Å². The van der Waals surface area contributed by atoms with E-state index in [9.17, 15) is 9.59 Å². The van der Waals surface area contributed by atoms with Gasteiger partial charge in [-0.2, -0.15) is 9.78 Å². The summed E-state index contributed by atoms with van der Waals surface area (Å²) in [6.45, 7) is 1.71. The SMILES string of the molecule is COc1cccc(C=Nn2c(C3CCCCC3)nc3ccccc3c2=O)c1OCC(=O)Nc1ccccc1C. The first-order chi connectivity index (χ1) is 19.0. The van der Waals surface area contributed by atoms with Gasteiger partial charge in [0.25, 0.3) is 11.5 Å². The molecule has 3 aromatic carbocycles. The van der Waals surface area contributed by atoms with E-state index >= 15 is 0 Å². The minimum atomic E-state index is -0.298. The van der Waals surface area contributed by atoms with Gasteiger partial charge in [0.1, 0.15) is 5.82 Å². The number of hydrogen-bond donors (Lipinski definition) is 1. The summed E-state index contributed by atoms with van der Waals surface area (Å²) < 4.78 is 12.9. The molecule has 1 heterocycles. The predicted molar refractivity (Wildman–Crippen MR) is 153 cm³/mol. The number of fused-ring (bicyclic) bond motifs is 1. The number of amides is 1. The van der Waals surface area contributed by atoms with Crippen LogP contribution in [-0.4, -0.2) is 35.5 Å². The largest absolute Gasteiger partial charge is 0.493 e. The van der Waals surface area contributed by atoms with E-state index in [-0.39, 0.29) is 24.0 Å². The maximum absolute atomic E-state index is 13.5. The number of para-hydroxylation sites is 3. The van der Waals surface area contributed by atoms with E-state index < -0.39 is 0 Å². The number of hydrogen-bond acceptors (Lipinski definition) is 6. The zero-order chi connectivity index (χ0) is 27.2. The van der Waals surface area contributed by atoms with Crippen LogP contribution in [0.15, 0.2) is 76.6 Å². The lowest BCUT2D eigenvalue weighted by Crippen LogP contribution is -2.25. The summed E-state index contributed by atoms with van der Waals surface area (Å²) in [6, 6.07) is 20.3. The van der Waals surface area contributed by atoms with Crippen LogP contribution in [0.4, 0.5) is 5.69 Å². The molecule has 0 bridgehead atoms. The fourth-order valence-corrected chi connectivity index (χ4v) is 4.98. The fraction of sp³-hybridized carbons (Fsp3) is 0.290. The van der Waals surface area contributed by atoms with Crippen molar-refractivity contribution in [1.82, 2.24) is 9.66 Å². The second-order valence-electron chi connectivity index (χ2n) is 9.71. The molecule has 4 aromatic rings. The summed E-state index contributed by atoms with van der Waals surface area (Å²) in [5.74, 6) is 1.37. The van der Waals surface area contributed by atoms with Crippen molar-refractivity contribution in [2.75, 3.05) is 19.0 Å². The van der Waals surface area contributed by atoms with E-state index in [2.05, 4.69) is 10.4 Å². The maximum Gasteiger partial charge on any atom is 0.282 e. The lowest BCUT2D eigenvalue weighted by atomic mass is 9.88. The molecule has 0 atom stereocenters. The second-order valence-corrected chi connectivity index (χ2v) is 9.71. The molecule has 200 valence electrons. The van der Waals surface area contributed by atoms with Crippen molar-refractivity contribution >= 4 is 28.7 Å². The number of nitrogens with zero attached hydrogens (tertiary/aromatic N) is 3. The van der Waals surface area contributed by atoms with E-state index in [1.54, 1.807) is 24.4 Å². The number of nitrogens with one attached hydrogen (secondary N) is 1. The molecule has 0 aliphatic heterocycles. The Kier molecular flexibility index (Phi) is 8.01. The Morgan fingerprint density at radius 3 is 2.62 bits per heavy atom. The third-order valence-corrected chi connectivity index (χ3v) is 7.06. The van der Waals surface area contributed by atoms with Gasteiger partial charge in [-0.3, -0.25) is 9.59 Å². The van der Waals surface area contributed by atoms with E-state index in [0.29, 0.717) is 33.8 Å². The van der Waals surface area contributed by atoms with Gasteiger partial charge in [-0.15, -0.1) is 0 Å². The molecule has 0 radical (unpaired) electrons. The van der Waals surface area contributed by atoms with E-state index in [4.69, 9.17) is 14.5 Å². The summed E-state index contributed by atoms with van der Waals surface area (Å²) >= 11 is 0. The molecule has 1 aliphatic carbocycles. The summed E-state index contributed by atoms with van der Waals surface area (Å²) in [7, 11) is 1.54. The number of anilines is 1. The number of rotatable bonds is 8. The van der Waals surface area contributed by atoms with Crippen molar-refractivity contribution < 1.29 is 14.3 Å². The highest BCUT2D eigenvalue weighted by molar-refractivity contribution is 5.93. The summed E-state index contributed by atoms with van der Waals surface area (Å²) in [5, 5.41) is 8.01. The summed E-state index contributed by atoms with van der Waals surface area (Å²) in [6.07, 6.45) is 6.93. The predicted octanol–water partition coefficient (Wildman–Crippen LogP) is 5.66. The Morgan fingerprint density at radius 1 is 1.05 bits per heavy atom. The normalized spacial score (nSPS) is 14.0. The number of carbonyl (C=O) groups is 1. The van der Waals surface area contributed by atoms with E-state index in [1.807, 2.05) is 55.5 Å². The fourth-order valence-electron chi connectivity index (χ4n) is 4.98. The molecule has 1 amide bonds. The highest BCUT2D eigenvalue weighted by atomic mass is 16.5. The van der Waals surface area contributed by atoms with Gasteiger partial charge in [-0.1, -0.05) is 55.7 Å². The molecule has 0 spiro atoms. The van der Waals surface area contributed by atoms with Gasteiger partial charge in [0.2, 0.25) is 0 Å². The summed E-state index contributed by atoms with van der Waals surface area (Å²) in [5.41, 5.74) is 2.73. The van der Waals surface area contributed by atoms with E-state index in [1.165, 1.54) is 18.2 Å². The molecule has 8 heteroatoms. The van der Waals surface area contributed by atoms with Crippen LogP contribution in [0.2, 0.25) is 0 Å². The van der Waals surface area contributed by atoms with Gasteiger partial charge in [0, 0.05) is 17.2 Å². The molecule has 1 N–H and O–H groups in total. The van der Waals surface area contributed by atoms with Crippen molar-refractivity contribution in [3.05, 3.63) is 94.0 Å². The molecular weight excluding hydrogens is 492 g/mol. The van der Waals surface area contributed by atoms with Crippen LogP contribution >= 0.6 is 0 Å². The van der Waals surface area contributed by atoms with Crippen molar-refractivity contribution in [2.45, 2.75) is 44.9 Å². The molecule has 5 rings (SSSR count). The van der Waals surface area contributed by atoms with Crippen LogP contribution in [0.3, 0.4) is 0 Å². The number of aromatic nitrogens is 2. The first-order valence-corrected chi connectivity index (χ1v) is 13.3.